The van der Waals surface area contributed by atoms with Crippen LogP contribution >= 0.6 is 0 Å². The Labute approximate surface area is 106 Å². The van der Waals surface area contributed by atoms with Crippen LogP contribution in [0.2, 0.25) is 0 Å². The van der Waals surface area contributed by atoms with Crippen molar-refractivity contribution in [1.82, 2.24) is 9.97 Å². The molecule has 1 aromatic rings. The van der Waals surface area contributed by atoms with E-state index in [-0.39, 0.29) is 6.61 Å². The fourth-order valence-corrected chi connectivity index (χ4v) is 2.02. The van der Waals surface area contributed by atoms with Gasteiger partial charge in [-0.15, -0.1) is 0 Å². The van der Waals surface area contributed by atoms with Crippen molar-refractivity contribution in [2.45, 2.75) is 25.3 Å². The maximum atomic E-state index is 9.59. The number of hydrogen-bond acceptors (Lipinski definition) is 6. The fourth-order valence-electron chi connectivity index (χ4n) is 2.02. The molecule has 100 valence electrons. The first-order chi connectivity index (χ1) is 8.67. The summed E-state index contributed by atoms with van der Waals surface area (Å²) in [5.74, 6) is 1.01. The average Bonchev–Trinajstić information content (AvgIpc) is 2.39. The summed E-state index contributed by atoms with van der Waals surface area (Å²) in [6.45, 7) is 3.19. The SMILES string of the molecule is COc1cc(C)nc(NC2(CO)CCOCC2)n1. The number of rotatable bonds is 4. The third kappa shape index (κ3) is 2.88. The second kappa shape index (κ2) is 5.49. The van der Waals surface area contributed by atoms with E-state index in [4.69, 9.17) is 9.47 Å². The topological polar surface area (TPSA) is 76.5 Å². The van der Waals surface area contributed by atoms with E-state index in [0.717, 1.165) is 18.5 Å². The largest absolute Gasteiger partial charge is 0.481 e. The Morgan fingerprint density at radius 3 is 2.78 bits per heavy atom. The molecule has 18 heavy (non-hydrogen) atoms. The van der Waals surface area contributed by atoms with Crippen LogP contribution in [0.5, 0.6) is 5.88 Å². The van der Waals surface area contributed by atoms with E-state index >= 15 is 0 Å². The van der Waals surface area contributed by atoms with Crippen LogP contribution < -0.4 is 10.1 Å². The number of ether oxygens (including phenoxy) is 2. The minimum atomic E-state index is -0.392. The molecule has 1 aliphatic rings. The lowest BCUT2D eigenvalue weighted by molar-refractivity contribution is 0.0376. The summed E-state index contributed by atoms with van der Waals surface area (Å²) in [6, 6.07) is 1.76. The molecule has 6 nitrogen and oxygen atoms in total. The highest BCUT2D eigenvalue weighted by Gasteiger charge is 2.32. The molecular formula is C12H19N3O3. The fraction of sp³-hybridized carbons (Fsp3) is 0.667. The molecule has 1 saturated heterocycles. The number of hydrogen-bond donors (Lipinski definition) is 2. The first kappa shape index (κ1) is 13.0. The molecule has 1 aromatic heterocycles. The molecule has 2 N–H and O–H groups in total. The lowest BCUT2D eigenvalue weighted by atomic mass is 9.91. The lowest BCUT2D eigenvalue weighted by Gasteiger charge is -2.36. The molecule has 0 spiro atoms. The van der Waals surface area contributed by atoms with E-state index < -0.39 is 5.54 Å². The zero-order valence-electron chi connectivity index (χ0n) is 10.8. The van der Waals surface area contributed by atoms with Crippen molar-refractivity contribution in [2.24, 2.45) is 0 Å². The summed E-state index contributed by atoms with van der Waals surface area (Å²) in [7, 11) is 1.57. The Bertz CT molecular complexity index is 406. The number of aromatic nitrogens is 2. The molecule has 0 atom stereocenters. The van der Waals surface area contributed by atoms with Crippen LogP contribution in [-0.4, -0.2) is 47.5 Å². The second-order valence-electron chi connectivity index (χ2n) is 4.55. The minimum Gasteiger partial charge on any atom is -0.481 e. The van der Waals surface area contributed by atoms with Gasteiger partial charge in [-0.1, -0.05) is 0 Å². The van der Waals surface area contributed by atoms with Gasteiger partial charge < -0.3 is 19.9 Å². The first-order valence-corrected chi connectivity index (χ1v) is 6.04. The number of aryl methyl sites for hydroxylation is 1. The van der Waals surface area contributed by atoms with E-state index in [1.807, 2.05) is 6.92 Å². The van der Waals surface area contributed by atoms with E-state index in [0.29, 0.717) is 25.0 Å². The summed E-state index contributed by atoms with van der Waals surface area (Å²) in [6.07, 6.45) is 1.48. The van der Waals surface area contributed by atoms with Crippen LogP contribution in [0.3, 0.4) is 0 Å². The van der Waals surface area contributed by atoms with Gasteiger partial charge in [-0.3, -0.25) is 0 Å². The number of nitrogens with one attached hydrogen (secondary N) is 1. The summed E-state index contributed by atoms with van der Waals surface area (Å²) in [4.78, 5) is 8.56. The molecule has 0 bridgehead atoms. The summed E-state index contributed by atoms with van der Waals surface area (Å²) < 4.78 is 10.4. The summed E-state index contributed by atoms with van der Waals surface area (Å²) in [5, 5.41) is 12.8. The highest BCUT2D eigenvalue weighted by Crippen LogP contribution is 2.25. The highest BCUT2D eigenvalue weighted by molar-refractivity contribution is 5.34. The van der Waals surface area contributed by atoms with E-state index in [2.05, 4.69) is 15.3 Å². The predicted octanol–water partition coefficient (Wildman–Crippen LogP) is 0.747. The van der Waals surface area contributed by atoms with Gasteiger partial charge in [0.25, 0.3) is 0 Å². The van der Waals surface area contributed by atoms with Gasteiger partial charge in [-0.2, -0.15) is 4.98 Å². The predicted molar refractivity (Wildman–Crippen MR) is 66.8 cm³/mol. The first-order valence-electron chi connectivity index (χ1n) is 6.04. The van der Waals surface area contributed by atoms with Gasteiger partial charge in [0, 0.05) is 25.0 Å². The standard InChI is InChI=1S/C12H19N3O3/c1-9-7-10(17-2)14-11(13-9)15-12(8-16)3-5-18-6-4-12/h7,16H,3-6,8H2,1-2H3,(H,13,14,15). The molecule has 1 aliphatic heterocycles. The molecular weight excluding hydrogens is 234 g/mol. The maximum Gasteiger partial charge on any atom is 0.226 e. The van der Waals surface area contributed by atoms with E-state index in [9.17, 15) is 5.11 Å². The third-order valence-electron chi connectivity index (χ3n) is 3.17. The Morgan fingerprint density at radius 1 is 1.44 bits per heavy atom. The number of aliphatic hydroxyl groups is 1. The van der Waals surface area contributed by atoms with Gasteiger partial charge in [0.15, 0.2) is 0 Å². The molecule has 0 radical (unpaired) electrons. The zero-order valence-corrected chi connectivity index (χ0v) is 10.8. The van der Waals surface area contributed by atoms with Crippen molar-refractivity contribution in [1.29, 1.82) is 0 Å². The summed E-state index contributed by atoms with van der Waals surface area (Å²) >= 11 is 0. The third-order valence-corrected chi connectivity index (χ3v) is 3.17. The number of nitrogens with zero attached hydrogens (tertiary/aromatic N) is 2. The van der Waals surface area contributed by atoms with Crippen LogP contribution in [-0.2, 0) is 4.74 Å². The van der Waals surface area contributed by atoms with Gasteiger partial charge >= 0.3 is 0 Å². The molecule has 0 unspecified atom stereocenters. The Morgan fingerprint density at radius 2 is 2.17 bits per heavy atom. The van der Waals surface area contributed by atoms with Crippen LogP contribution in [0.4, 0.5) is 5.95 Å². The van der Waals surface area contributed by atoms with Gasteiger partial charge in [0.1, 0.15) is 0 Å². The Kier molecular flexibility index (Phi) is 3.98. The Balaban J connectivity index is 2.18. The Hall–Kier alpha value is -1.40. The van der Waals surface area contributed by atoms with Crippen molar-refractivity contribution in [3.8, 4) is 5.88 Å². The molecule has 2 rings (SSSR count). The maximum absolute atomic E-state index is 9.59. The molecule has 1 fully saturated rings. The average molecular weight is 253 g/mol. The molecule has 0 amide bonds. The lowest BCUT2D eigenvalue weighted by Crippen LogP contribution is -2.47. The van der Waals surface area contributed by atoms with Gasteiger partial charge in [0.2, 0.25) is 11.8 Å². The number of methoxy groups -OCH3 is 1. The molecule has 0 aromatic carbocycles. The van der Waals surface area contributed by atoms with Crippen molar-refractivity contribution in [3.05, 3.63) is 11.8 Å². The van der Waals surface area contributed by atoms with Crippen molar-refractivity contribution in [2.75, 3.05) is 32.2 Å². The zero-order chi connectivity index (χ0) is 13.0. The quantitative estimate of drug-likeness (QED) is 0.824. The van der Waals surface area contributed by atoms with Gasteiger partial charge in [-0.25, -0.2) is 4.98 Å². The van der Waals surface area contributed by atoms with E-state index in [1.165, 1.54) is 0 Å². The van der Waals surface area contributed by atoms with Crippen molar-refractivity contribution >= 4 is 5.95 Å². The van der Waals surface area contributed by atoms with Crippen LogP contribution in [0.1, 0.15) is 18.5 Å². The molecule has 0 aliphatic carbocycles. The van der Waals surface area contributed by atoms with Gasteiger partial charge in [-0.05, 0) is 19.8 Å². The van der Waals surface area contributed by atoms with Gasteiger partial charge in [0.05, 0.1) is 19.3 Å². The summed E-state index contributed by atoms with van der Waals surface area (Å²) in [5.41, 5.74) is 0.432. The normalized spacial score (nSPS) is 18.4. The minimum absolute atomic E-state index is 0.0377. The van der Waals surface area contributed by atoms with Crippen LogP contribution in [0.15, 0.2) is 6.07 Å². The molecule has 6 heteroatoms. The molecule has 0 saturated carbocycles. The smallest absolute Gasteiger partial charge is 0.226 e. The van der Waals surface area contributed by atoms with Crippen LogP contribution in [0, 0.1) is 6.92 Å². The van der Waals surface area contributed by atoms with E-state index in [1.54, 1.807) is 13.2 Å². The second-order valence-corrected chi connectivity index (χ2v) is 4.55. The molecule has 2 heterocycles. The number of anilines is 1. The monoisotopic (exact) mass is 253 g/mol. The highest BCUT2D eigenvalue weighted by atomic mass is 16.5. The van der Waals surface area contributed by atoms with Crippen molar-refractivity contribution < 1.29 is 14.6 Å². The number of aliphatic hydroxyl groups excluding tert-OH is 1. The van der Waals surface area contributed by atoms with Crippen LogP contribution in [0.25, 0.3) is 0 Å². The van der Waals surface area contributed by atoms with Crippen molar-refractivity contribution in [3.63, 3.8) is 0 Å².